The first kappa shape index (κ1) is 14.8. The molecule has 0 radical (unpaired) electrons. The molecule has 2 heterocycles. The number of amides is 1. The average Bonchev–Trinajstić information content (AvgIpc) is 3.15. The van der Waals surface area contributed by atoms with Gasteiger partial charge in [-0.2, -0.15) is 5.10 Å². The topological polar surface area (TPSA) is 75.6 Å². The first-order valence-corrected chi connectivity index (χ1v) is 7.96. The van der Waals surface area contributed by atoms with Crippen LogP contribution in [0.2, 0.25) is 0 Å². The second kappa shape index (κ2) is 6.34. The molecule has 1 atom stereocenters. The molecule has 0 aliphatic heterocycles. The van der Waals surface area contributed by atoms with Crippen molar-refractivity contribution in [3.63, 3.8) is 0 Å². The summed E-state index contributed by atoms with van der Waals surface area (Å²) in [5.74, 6) is 1.61. The summed E-state index contributed by atoms with van der Waals surface area (Å²) >= 11 is 0. The molecule has 2 aromatic heterocycles. The van der Waals surface area contributed by atoms with Crippen molar-refractivity contribution < 1.29 is 4.79 Å². The fourth-order valence-electron chi connectivity index (χ4n) is 2.87. The smallest absolute Gasteiger partial charge is 0.223 e. The Bertz CT molecular complexity index is 629. The molecule has 0 unspecified atom stereocenters. The van der Waals surface area contributed by atoms with E-state index in [0.29, 0.717) is 19.0 Å². The molecule has 2 aromatic rings. The summed E-state index contributed by atoms with van der Waals surface area (Å²) in [7, 11) is 0. The Morgan fingerprint density at radius 2 is 2.41 bits per heavy atom. The molecule has 0 saturated heterocycles. The van der Waals surface area contributed by atoms with Crippen molar-refractivity contribution in [1.82, 2.24) is 25.1 Å². The number of H-pyrrole nitrogens is 1. The van der Waals surface area contributed by atoms with E-state index in [1.807, 2.05) is 16.9 Å². The molecule has 22 heavy (non-hydrogen) atoms. The van der Waals surface area contributed by atoms with Gasteiger partial charge >= 0.3 is 0 Å². The zero-order valence-electron chi connectivity index (χ0n) is 13.2. The van der Waals surface area contributed by atoms with E-state index in [4.69, 9.17) is 0 Å². The highest BCUT2D eigenvalue weighted by atomic mass is 16.1. The minimum Gasteiger partial charge on any atom is -0.354 e. The van der Waals surface area contributed by atoms with Crippen LogP contribution in [0.1, 0.15) is 43.4 Å². The third kappa shape index (κ3) is 3.21. The highest BCUT2D eigenvalue weighted by Gasteiger charge is 2.27. The van der Waals surface area contributed by atoms with Crippen LogP contribution in [0.25, 0.3) is 0 Å². The predicted molar refractivity (Wildman–Crippen MR) is 83.4 cm³/mol. The number of imidazole rings is 1. The molecule has 0 spiro atoms. The van der Waals surface area contributed by atoms with E-state index < -0.39 is 0 Å². The molecular formula is C16H23N5O. The summed E-state index contributed by atoms with van der Waals surface area (Å²) in [4.78, 5) is 20.3. The van der Waals surface area contributed by atoms with Crippen LogP contribution >= 0.6 is 0 Å². The van der Waals surface area contributed by atoms with Crippen molar-refractivity contribution in [3.05, 3.63) is 35.7 Å². The Kier molecular flexibility index (Phi) is 4.27. The molecule has 2 N–H and O–H groups in total. The molecule has 0 bridgehead atoms. The van der Waals surface area contributed by atoms with Crippen LogP contribution in [0.3, 0.4) is 0 Å². The summed E-state index contributed by atoms with van der Waals surface area (Å²) < 4.78 is 1.82. The number of aromatic nitrogens is 4. The van der Waals surface area contributed by atoms with E-state index in [-0.39, 0.29) is 11.8 Å². The van der Waals surface area contributed by atoms with Crippen molar-refractivity contribution in [2.45, 2.75) is 45.6 Å². The van der Waals surface area contributed by atoms with Crippen LogP contribution in [0.4, 0.5) is 0 Å². The lowest BCUT2D eigenvalue weighted by Gasteiger charge is -2.20. The van der Waals surface area contributed by atoms with Crippen LogP contribution in [-0.4, -0.2) is 32.2 Å². The van der Waals surface area contributed by atoms with E-state index in [0.717, 1.165) is 36.5 Å². The average molecular weight is 301 g/mol. The van der Waals surface area contributed by atoms with Crippen molar-refractivity contribution in [1.29, 1.82) is 0 Å². The second-order valence-corrected chi connectivity index (χ2v) is 6.20. The minimum absolute atomic E-state index is 0.0468. The molecule has 118 valence electrons. The number of aryl methyl sites for hydroxylation is 1. The second-order valence-electron chi connectivity index (χ2n) is 6.20. The van der Waals surface area contributed by atoms with Crippen LogP contribution < -0.4 is 5.32 Å². The normalized spacial score (nSPS) is 17.5. The van der Waals surface area contributed by atoms with E-state index in [1.165, 1.54) is 0 Å². The van der Waals surface area contributed by atoms with Gasteiger partial charge in [0.15, 0.2) is 0 Å². The monoisotopic (exact) mass is 301 g/mol. The number of aromatic amines is 1. The molecule has 3 rings (SSSR count). The highest BCUT2D eigenvalue weighted by molar-refractivity contribution is 5.79. The summed E-state index contributed by atoms with van der Waals surface area (Å²) in [5.41, 5.74) is 2.28. The lowest BCUT2D eigenvalue weighted by Crippen LogP contribution is -2.35. The number of rotatable bonds is 5. The van der Waals surface area contributed by atoms with Crippen molar-refractivity contribution in [3.8, 4) is 0 Å². The number of nitrogens with one attached hydrogen (secondary N) is 2. The molecule has 0 fully saturated rings. The Balaban J connectivity index is 1.53. The first-order valence-electron chi connectivity index (χ1n) is 7.96. The fraction of sp³-hybridized carbons (Fsp3) is 0.562. The van der Waals surface area contributed by atoms with Gasteiger partial charge in [0, 0.05) is 42.9 Å². The Morgan fingerprint density at radius 1 is 1.55 bits per heavy atom. The number of fused-ring (bicyclic) bond motifs is 1. The van der Waals surface area contributed by atoms with Gasteiger partial charge in [0.25, 0.3) is 0 Å². The summed E-state index contributed by atoms with van der Waals surface area (Å²) in [6.45, 7) is 5.58. The Hall–Kier alpha value is -2.11. The fourth-order valence-corrected chi connectivity index (χ4v) is 2.87. The molecular weight excluding hydrogens is 278 g/mol. The van der Waals surface area contributed by atoms with Gasteiger partial charge < -0.3 is 10.3 Å². The number of hydrogen-bond donors (Lipinski definition) is 2. The molecule has 6 heteroatoms. The summed E-state index contributed by atoms with van der Waals surface area (Å²) in [6.07, 6.45) is 6.17. The van der Waals surface area contributed by atoms with Gasteiger partial charge in [0.05, 0.1) is 12.2 Å². The molecule has 1 aliphatic rings. The third-order valence-corrected chi connectivity index (χ3v) is 4.18. The van der Waals surface area contributed by atoms with Gasteiger partial charge in [-0.25, -0.2) is 4.98 Å². The predicted octanol–water partition coefficient (Wildman–Crippen LogP) is 1.65. The van der Waals surface area contributed by atoms with Gasteiger partial charge in [0.2, 0.25) is 5.91 Å². The molecule has 1 aliphatic carbocycles. The lowest BCUT2D eigenvalue weighted by atomic mass is 9.89. The quantitative estimate of drug-likeness (QED) is 0.881. The first-order chi connectivity index (χ1) is 10.6. The lowest BCUT2D eigenvalue weighted by molar-refractivity contribution is -0.125. The number of carbonyl (C=O) groups excluding carboxylic acids is 1. The van der Waals surface area contributed by atoms with Crippen LogP contribution in [0.15, 0.2) is 18.5 Å². The zero-order valence-corrected chi connectivity index (χ0v) is 13.2. The minimum atomic E-state index is 0.0468. The standard InChI is InChI=1S/C16H23N5O/c1-11(2)15-19-13-5-4-12(10-14(13)20-15)16(22)17-7-9-21-8-3-6-18-21/h3,6,8,11-12H,4-5,7,9-10H2,1-2H3,(H,17,22)(H,19,20)/t12-/m0/s1. The maximum atomic E-state index is 12.3. The van der Waals surface area contributed by atoms with Crippen LogP contribution in [0, 0.1) is 5.92 Å². The SMILES string of the molecule is CC(C)c1nc2c([nH]1)C[C@@H](C(=O)NCCn1cccn1)CC2. The number of hydrogen-bond acceptors (Lipinski definition) is 3. The molecule has 0 aromatic carbocycles. The third-order valence-electron chi connectivity index (χ3n) is 4.18. The maximum Gasteiger partial charge on any atom is 0.223 e. The molecule has 6 nitrogen and oxygen atoms in total. The van der Waals surface area contributed by atoms with Crippen molar-refractivity contribution in [2.24, 2.45) is 5.92 Å². The number of carbonyl (C=O) groups is 1. The molecule has 0 saturated carbocycles. The van der Waals surface area contributed by atoms with Crippen molar-refractivity contribution in [2.75, 3.05) is 6.54 Å². The zero-order chi connectivity index (χ0) is 15.5. The largest absolute Gasteiger partial charge is 0.354 e. The summed E-state index contributed by atoms with van der Waals surface area (Å²) in [5, 5.41) is 7.14. The molecule has 1 amide bonds. The maximum absolute atomic E-state index is 12.3. The van der Waals surface area contributed by atoms with Gasteiger partial charge in [-0.05, 0) is 18.9 Å². The van der Waals surface area contributed by atoms with Gasteiger partial charge in [-0.3, -0.25) is 9.48 Å². The van der Waals surface area contributed by atoms with E-state index in [2.05, 4.69) is 34.2 Å². The van der Waals surface area contributed by atoms with Crippen LogP contribution in [0.5, 0.6) is 0 Å². The summed E-state index contributed by atoms with van der Waals surface area (Å²) in [6, 6.07) is 1.88. The van der Waals surface area contributed by atoms with E-state index in [9.17, 15) is 4.79 Å². The highest BCUT2D eigenvalue weighted by Crippen LogP contribution is 2.25. The van der Waals surface area contributed by atoms with Gasteiger partial charge in [-0.1, -0.05) is 13.8 Å². The Labute approximate surface area is 130 Å². The van der Waals surface area contributed by atoms with E-state index >= 15 is 0 Å². The number of nitrogens with zero attached hydrogens (tertiary/aromatic N) is 3. The Morgan fingerprint density at radius 3 is 3.14 bits per heavy atom. The van der Waals surface area contributed by atoms with Crippen molar-refractivity contribution >= 4 is 5.91 Å². The van der Waals surface area contributed by atoms with Gasteiger partial charge in [-0.15, -0.1) is 0 Å². The van der Waals surface area contributed by atoms with Gasteiger partial charge in [0.1, 0.15) is 5.82 Å². The van der Waals surface area contributed by atoms with E-state index in [1.54, 1.807) is 6.20 Å². The van der Waals surface area contributed by atoms with Crippen LogP contribution in [-0.2, 0) is 24.2 Å².